The second-order valence-corrected chi connectivity index (χ2v) is 4.50. The van der Waals surface area contributed by atoms with Crippen molar-refractivity contribution >= 4 is 11.8 Å². The molecule has 0 atom stereocenters. The fourth-order valence-corrected chi connectivity index (χ4v) is 1.51. The average molecular weight is 190 g/mol. The topological polar surface area (TPSA) is 15.3 Å². The predicted octanol–water partition coefficient (Wildman–Crippen LogP) is 1.28. The van der Waals surface area contributed by atoms with E-state index in [4.69, 9.17) is 0 Å². The van der Waals surface area contributed by atoms with Crippen LogP contribution in [0.2, 0.25) is 0 Å². The molecule has 0 radical (unpaired) electrons. The fourth-order valence-electron chi connectivity index (χ4n) is 0.871. The molecule has 0 unspecified atom stereocenters. The van der Waals surface area contributed by atoms with Gasteiger partial charge in [0.25, 0.3) is 0 Å². The maximum atomic E-state index is 3.42. The van der Waals surface area contributed by atoms with Crippen molar-refractivity contribution in [3.05, 3.63) is 0 Å². The molecule has 2 nitrogen and oxygen atoms in total. The van der Waals surface area contributed by atoms with E-state index in [-0.39, 0.29) is 0 Å². The Morgan fingerprint density at radius 2 is 2.00 bits per heavy atom. The third-order valence-corrected chi connectivity index (χ3v) is 2.57. The Kier molecular flexibility index (Phi) is 9.57. The summed E-state index contributed by atoms with van der Waals surface area (Å²) in [6, 6.07) is 0. The van der Waals surface area contributed by atoms with E-state index in [1.807, 2.05) is 11.8 Å². The molecule has 0 saturated heterocycles. The minimum Gasteiger partial charge on any atom is -0.315 e. The lowest BCUT2D eigenvalue weighted by atomic mass is 10.4. The molecular formula is C9H22N2S. The van der Waals surface area contributed by atoms with Gasteiger partial charge in [0.2, 0.25) is 0 Å². The van der Waals surface area contributed by atoms with Crippen molar-refractivity contribution in [3.63, 3.8) is 0 Å². The van der Waals surface area contributed by atoms with Gasteiger partial charge in [0.05, 0.1) is 0 Å². The zero-order valence-electron chi connectivity index (χ0n) is 8.60. The van der Waals surface area contributed by atoms with Gasteiger partial charge in [-0.3, -0.25) is 0 Å². The maximum Gasteiger partial charge on any atom is 0.0101 e. The number of rotatable bonds is 8. The number of likely N-dealkylation sites (N-methyl/N-ethyl adjacent to an activating group) is 1. The van der Waals surface area contributed by atoms with Crippen LogP contribution in [0.25, 0.3) is 0 Å². The van der Waals surface area contributed by atoms with E-state index in [1.165, 1.54) is 24.5 Å². The van der Waals surface area contributed by atoms with Gasteiger partial charge in [-0.15, -0.1) is 0 Å². The van der Waals surface area contributed by atoms with Gasteiger partial charge < -0.3 is 10.2 Å². The summed E-state index contributed by atoms with van der Waals surface area (Å²) in [6.45, 7) is 5.63. The predicted molar refractivity (Wildman–Crippen MR) is 59.0 cm³/mol. The standard InChI is InChI=1S/C9H22N2S/c1-4-12-9-5-6-10-7-8-11(2)3/h10H,4-9H2,1-3H3. The summed E-state index contributed by atoms with van der Waals surface area (Å²) in [6.07, 6.45) is 1.30. The van der Waals surface area contributed by atoms with E-state index >= 15 is 0 Å². The minimum atomic E-state index is 1.11. The van der Waals surface area contributed by atoms with Crippen molar-refractivity contribution in [1.82, 2.24) is 10.2 Å². The monoisotopic (exact) mass is 190 g/mol. The lowest BCUT2D eigenvalue weighted by Gasteiger charge is -2.09. The molecule has 0 aromatic heterocycles. The van der Waals surface area contributed by atoms with Crippen LogP contribution in [0.4, 0.5) is 0 Å². The van der Waals surface area contributed by atoms with Crippen molar-refractivity contribution in [3.8, 4) is 0 Å². The number of hydrogen-bond donors (Lipinski definition) is 1. The summed E-state index contributed by atoms with van der Waals surface area (Å²) < 4.78 is 0. The van der Waals surface area contributed by atoms with Crippen molar-refractivity contribution in [2.45, 2.75) is 13.3 Å². The van der Waals surface area contributed by atoms with Gasteiger partial charge in [-0.05, 0) is 38.6 Å². The highest BCUT2D eigenvalue weighted by atomic mass is 32.2. The van der Waals surface area contributed by atoms with Crippen LogP contribution >= 0.6 is 11.8 Å². The third kappa shape index (κ3) is 10.3. The first-order valence-corrected chi connectivity index (χ1v) is 5.86. The molecule has 0 saturated carbocycles. The molecule has 0 aliphatic heterocycles. The zero-order chi connectivity index (χ0) is 9.23. The van der Waals surface area contributed by atoms with Gasteiger partial charge in [0.1, 0.15) is 0 Å². The summed E-state index contributed by atoms with van der Waals surface area (Å²) in [4.78, 5) is 2.20. The van der Waals surface area contributed by atoms with Crippen LogP contribution in [0.5, 0.6) is 0 Å². The largest absolute Gasteiger partial charge is 0.315 e. The zero-order valence-corrected chi connectivity index (χ0v) is 9.41. The van der Waals surface area contributed by atoms with Crippen molar-refractivity contribution in [1.29, 1.82) is 0 Å². The van der Waals surface area contributed by atoms with E-state index in [2.05, 4.69) is 31.2 Å². The van der Waals surface area contributed by atoms with Crippen molar-refractivity contribution < 1.29 is 0 Å². The first kappa shape index (κ1) is 12.3. The molecule has 1 N–H and O–H groups in total. The Morgan fingerprint density at radius 1 is 1.25 bits per heavy atom. The van der Waals surface area contributed by atoms with Gasteiger partial charge in [0, 0.05) is 13.1 Å². The molecule has 0 heterocycles. The average Bonchev–Trinajstić information content (AvgIpc) is 2.02. The second kappa shape index (κ2) is 9.36. The van der Waals surface area contributed by atoms with Crippen LogP contribution in [0.3, 0.4) is 0 Å². The maximum absolute atomic E-state index is 3.42. The van der Waals surface area contributed by atoms with Gasteiger partial charge in [-0.2, -0.15) is 11.8 Å². The Morgan fingerprint density at radius 3 is 2.58 bits per heavy atom. The Balaban J connectivity index is 2.82. The molecule has 0 aliphatic carbocycles. The lowest BCUT2D eigenvalue weighted by molar-refractivity contribution is 0.400. The molecule has 3 heteroatoms. The van der Waals surface area contributed by atoms with Gasteiger partial charge in [-0.25, -0.2) is 0 Å². The van der Waals surface area contributed by atoms with Gasteiger partial charge in [-0.1, -0.05) is 6.92 Å². The van der Waals surface area contributed by atoms with E-state index in [9.17, 15) is 0 Å². The molecule has 0 spiro atoms. The van der Waals surface area contributed by atoms with Gasteiger partial charge >= 0.3 is 0 Å². The first-order chi connectivity index (χ1) is 5.77. The van der Waals surface area contributed by atoms with Crippen LogP contribution < -0.4 is 5.32 Å². The number of hydrogen-bond acceptors (Lipinski definition) is 3. The summed E-state index contributed by atoms with van der Waals surface area (Å²) in [5, 5.41) is 3.42. The van der Waals surface area contributed by atoms with Crippen LogP contribution in [0.15, 0.2) is 0 Å². The molecule has 0 aromatic carbocycles. The van der Waals surface area contributed by atoms with Crippen LogP contribution in [0, 0.1) is 0 Å². The Labute approximate surface area is 81.1 Å². The first-order valence-electron chi connectivity index (χ1n) is 4.70. The highest BCUT2D eigenvalue weighted by Gasteiger charge is 1.90. The number of nitrogens with one attached hydrogen (secondary N) is 1. The molecule has 0 bridgehead atoms. The lowest BCUT2D eigenvalue weighted by Crippen LogP contribution is -2.27. The van der Waals surface area contributed by atoms with Crippen molar-refractivity contribution in [2.75, 3.05) is 45.2 Å². The highest BCUT2D eigenvalue weighted by Crippen LogP contribution is 1.99. The molecule has 12 heavy (non-hydrogen) atoms. The summed E-state index contributed by atoms with van der Waals surface area (Å²) in [7, 11) is 4.21. The summed E-state index contributed by atoms with van der Waals surface area (Å²) in [5.41, 5.74) is 0. The molecule has 74 valence electrons. The normalized spacial score (nSPS) is 11.0. The Bertz CT molecular complexity index is 86.6. The second-order valence-electron chi connectivity index (χ2n) is 3.10. The molecule has 0 aromatic rings. The highest BCUT2D eigenvalue weighted by molar-refractivity contribution is 7.99. The summed E-state index contributed by atoms with van der Waals surface area (Å²) in [5.74, 6) is 2.54. The molecule has 0 amide bonds. The van der Waals surface area contributed by atoms with Crippen LogP contribution in [0.1, 0.15) is 13.3 Å². The molecular weight excluding hydrogens is 168 g/mol. The van der Waals surface area contributed by atoms with E-state index in [0.29, 0.717) is 0 Å². The van der Waals surface area contributed by atoms with Crippen molar-refractivity contribution in [2.24, 2.45) is 0 Å². The molecule has 0 fully saturated rings. The van der Waals surface area contributed by atoms with Gasteiger partial charge in [0.15, 0.2) is 0 Å². The smallest absolute Gasteiger partial charge is 0.0101 e. The van der Waals surface area contributed by atoms with E-state index < -0.39 is 0 Å². The molecule has 0 aliphatic rings. The number of thioether (sulfide) groups is 1. The van der Waals surface area contributed by atoms with Crippen LogP contribution in [-0.2, 0) is 0 Å². The number of nitrogens with zero attached hydrogens (tertiary/aromatic N) is 1. The SMILES string of the molecule is CCSCCCNCCN(C)C. The minimum absolute atomic E-state index is 1.11. The quantitative estimate of drug-likeness (QED) is 0.581. The van der Waals surface area contributed by atoms with E-state index in [1.54, 1.807) is 0 Å². The Hall–Kier alpha value is 0.270. The van der Waals surface area contributed by atoms with E-state index in [0.717, 1.165) is 13.1 Å². The summed E-state index contributed by atoms with van der Waals surface area (Å²) >= 11 is 2.02. The fraction of sp³-hybridized carbons (Fsp3) is 1.00. The van der Waals surface area contributed by atoms with Crippen LogP contribution in [-0.4, -0.2) is 50.1 Å². The third-order valence-electron chi connectivity index (χ3n) is 1.58. The molecule has 0 rings (SSSR count).